The van der Waals surface area contributed by atoms with Gasteiger partial charge in [-0.1, -0.05) is 36.4 Å². The van der Waals surface area contributed by atoms with Crippen LogP contribution in [0.1, 0.15) is 23.3 Å². The molecule has 0 spiro atoms. The maximum atomic E-state index is 12.8. The van der Waals surface area contributed by atoms with Crippen LogP contribution in [0.5, 0.6) is 0 Å². The smallest absolute Gasteiger partial charge is 0.314 e. The summed E-state index contributed by atoms with van der Waals surface area (Å²) in [5.41, 5.74) is 3.51. The van der Waals surface area contributed by atoms with Crippen LogP contribution in [-0.4, -0.2) is 21.9 Å². The van der Waals surface area contributed by atoms with Crippen LogP contribution in [0.4, 0.5) is 0 Å². The van der Waals surface area contributed by atoms with Gasteiger partial charge in [-0.15, -0.1) is 0 Å². The minimum atomic E-state index is -0.648. The molecule has 0 amide bonds. The van der Waals surface area contributed by atoms with Crippen LogP contribution in [0.3, 0.4) is 0 Å². The molecule has 4 atom stereocenters. The summed E-state index contributed by atoms with van der Waals surface area (Å²) in [7, 11) is 0. The second-order valence-electron chi connectivity index (χ2n) is 7.35. The lowest BCUT2D eigenvalue weighted by Gasteiger charge is -2.14. The number of carbonyl (C=O) groups is 2. The maximum absolute atomic E-state index is 12.8. The van der Waals surface area contributed by atoms with E-state index in [9.17, 15) is 9.59 Å². The average molecular weight is 372 g/mol. The van der Waals surface area contributed by atoms with Gasteiger partial charge in [0.15, 0.2) is 0 Å². The molecule has 0 radical (unpaired) electrons. The third-order valence-corrected chi connectivity index (χ3v) is 5.93. The minimum absolute atomic E-state index is 0.388. The molecule has 4 heterocycles. The molecule has 2 aliphatic heterocycles. The first kappa shape index (κ1) is 15.5. The van der Waals surface area contributed by atoms with Gasteiger partial charge in [0.1, 0.15) is 24.0 Å². The Bertz CT molecular complexity index is 1160. The van der Waals surface area contributed by atoms with E-state index in [1.165, 1.54) is 0 Å². The van der Waals surface area contributed by atoms with E-state index in [1.54, 1.807) is 0 Å². The van der Waals surface area contributed by atoms with Crippen molar-refractivity contribution in [2.75, 3.05) is 0 Å². The van der Waals surface area contributed by atoms with Crippen LogP contribution in [0.25, 0.3) is 21.8 Å². The number of aromatic nitrogens is 2. The zero-order chi connectivity index (χ0) is 18.8. The van der Waals surface area contributed by atoms with E-state index in [1.807, 2.05) is 60.9 Å². The number of aromatic amines is 2. The number of cyclic esters (lactones) is 2. The van der Waals surface area contributed by atoms with Gasteiger partial charge in [-0.05, 0) is 12.1 Å². The van der Waals surface area contributed by atoms with Gasteiger partial charge in [-0.3, -0.25) is 9.59 Å². The van der Waals surface area contributed by atoms with Crippen LogP contribution in [-0.2, 0) is 19.1 Å². The predicted octanol–water partition coefficient (Wildman–Crippen LogP) is 3.78. The first-order chi connectivity index (χ1) is 13.7. The molecular weight excluding hydrogens is 356 g/mol. The van der Waals surface area contributed by atoms with Gasteiger partial charge in [-0.2, -0.15) is 0 Å². The number of carbonyl (C=O) groups excluding carboxylic acids is 2. The highest BCUT2D eigenvalue weighted by atomic mass is 16.6. The van der Waals surface area contributed by atoms with Gasteiger partial charge in [0.25, 0.3) is 0 Å². The topological polar surface area (TPSA) is 84.2 Å². The molecule has 6 rings (SSSR count). The average Bonchev–Trinajstić information content (AvgIpc) is 3.46. The highest BCUT2D eigenvalue weighted by Crippen LogP contribution is 2.53. The number of H-pyrrole nitrogens is 2. The molecule has 138 valence electrons. The molecule has 2 fully saturated rings. The Morgan fingerprint density at radius 3 is 1.54 bits per heavy atom. The van der Waals surface area contributed by atoms with Gasteiger partial charge in [0.2, 0.25) is 0 Å². The Morgan fingerprint density at radius 2 is 1.07 bits per heavy atom. The zero-order valence-corrected chi connectivity index (χ0v) is 14.7. The second-order valence-corrected chi connectivity index (χ2v) is 7.35. The molecule has 0 saturated carbocycles. The normalized spacial score (nSPS) is 26.6. The van der Waals surface area contributed by atoms with E-state index >= 15 is 0 Å². The van der Waals surface area contributed by atoms with E-state index in [-0.39, 0.29) is 11.9 Å². The Morgan fingerprint density at radius 1 is 0.643 bits per heavy atom. The summed E-state index contributed by atoms with van der Waals surface area (Å²) in [5, 5.41) is 1.90. The molecule has 0 aliphatic carbocycles. The van der Waals surface area contributed by atoms with Gasteiger partial charge in [0.05, 0.1) is 0 Å². The number of para-hydroxylation sites is 2. The molecule has 2 saturated heterocycles. The fourth-order valence-corrected chi connectivity index (χ4v) is 4.64. The minimum Gasteiger partial charge on any atom is -0.456 e. The summed E-state index contributed by atoms with van der Waals surface area (Å²) in [6.07, 6.45) is 2.35. The molecule has 6 nitrogen and oxygen atoms in total. The summed E-state index contributed by atoms with van der Waals surface area (Å²) in [5.74, 6) is -2.07. The first-order valence-electron chi connectivity index (χ1n) is 9.25. The lowest BCUT2D eigenvalue weighted by Crippen LogP contribution is -2.19. The fourth-order valence-electron chi connectivity index (χ4n) is 4.64. The molecule has 2 aromatic heterocycles. The van der Waals surface area contributed by atoms with Crippen molar-refractivity contribution in [2.45, 2.75) is 12.2 Å². The number of rotatable bonds is 2. The van der Waals surface area contributed by atoms with Gasteiger partial charge in [-0.25, -0.2) is 0 Å². The molecule has 4 unspecified atom stereocenters. The third-order valence-electron chi connectivity index (χ3n) is 5.93. The summed E-state index contributed by atoms with van der Waals surface area (Å²) in [6.45, 7) is 0. The molecule has 2 N–H and O–H groups in total. The predicted molar refractivity (Wildman–Crippen MR) is 101 cm³/mol. The number of nitrogens with one attached hydrogen (secondary N) is 2. The lowest BCUT2D eigenvalue weighted by atomic mass is 9.84. The van der Waals surface area contributed by atoms with Crippen LogP contribution in [0.15, 0.2) is 60.9 Å². The van der Waals surface area contributed by atoms with E-state index < -0.39 is 24.0 Å². The highest BCUT2D eigenvalue weighted by molar-refractivity contribution is 5.93. The summed E-state index contributed by atoms with van der Waals surface area (Å²) in [6, 6.07) is 15.5. The van der Waals surface area contributed by atoms with E-state index in [2.05, 4.69) is 9.97 Å². The van der Waals surface area contributed by atoms with E-state index in [0.717, 1.165) is 32.9 Å². The number of fused-ring (bicyclic) bond motifs is 3. The van der Waals surface area contributed by atoms with Crippen molar-refractivity contribution in [2.24, 2.45) is 11.8 Å². The van der Waals surface area contributed by atoms with Gasteiger partial charge < -0.3 is 19.4 Å². The fraction of sp³-hybridized carbons (Fsp3) is 0.182. The standard InChI is InChI=1S/C22H16N2O4/c25-21-17-18(20(28-21)14-10-24-16-8-4-2-6-12(14)16)22(26)27-19(17)13-9-23-15-7-3-1-5-11(13)15/h1-10,17-20,23-24H. The Kier molecular flexibility index (Phi) is 3.04. The highest BCUT2D eigenvalue weighted by Gasteiger charge is 2.60. The van der Waals surface area contributed by atoms with Crippen LogP contribution >= 0.6 is 0 Å². The van der Waals surface area contributed by atoms with Crippen molar-refractivity contribution in [3.63, 3.8) is 0 Å². The van der Waals surface area contributed by atoms with E-state index in [4.69, 9.17) is 9.47 Å². The van der Waals surface area contributed by atoms with Crippen molar-refractivity contribution in [3.05, 3.63) is 72.1 Å². The summed E-state index contributed by atoms with van der Waals surface area (Å²) < 4.78 is 11.4. The van der Waals surface area contributed by atoms with Crippen molar-refractivity contribution in [1.82, 2.24) is 9.97 Å². The maximum Gasteiger partial charge on any atom is 0.314 e. The molecule has 6 heteroatoms. The van der Waals surface area contributed by atoms with Crippen molar-refractivity contribution >= 4 is 33.7 Å². The number of benzene rings is 2. The molecule has 28 heavy (non-hydrogen) atoms. The monoisotopic (exact) mass is 372 g/mol. The Balaban J connectivity index is 1.44. The summed E-state index contributed by atoms with van der Waals surface area (Å²) >= 11 is 0. The quantitative estimate of drug-likeness (QED) is 0.525. The van der Waals surface area contributed by atoms with Crippen molar-refractivity contribution in [3.8, 4) is 0 Å². The SMILES string of the molecule is O=C1OC(c2c[nH]c3ccccc23)C2C(=O)OC(c3c[nH]c4ccccc34)C12. The molecular formula is C22H16N2O4. The Hall–Kier alpha value is -3.54. The lowest BCUT2D eigenvalue weighted by molar-refractivity contribution is -0.154. The number of ether oxygens (including phenoxy) is 2. The van der Waals surface area contributed by atoms with Crippen LogP contribution in [0.2, 0.25) is 0 Å². The first-order valence-corrected chi connectivity index (χ1v) is 9.25. The Labute approximate surface area is 159 Å². The number of esters is 2. The van der Waals surface area contributed by atoms with Gasteiger partial charge >= 0.3 is 11.9 Å². The zero-order valence-electron chi connectivity index (χ0n) is 14.7. The van der Waals surface area contributed by atoms with Crippen LogP contribution < -0.4 is 0 Å². The summed E-state index contributed by atoms with van der Waals surface area (Å²) in [4.78, 5) is 32.0. The molecule has 2 aromatic carbocycles. The number of hydrogen-bond donors (Lipinski definition) is 2. The molecule has 0 bridgehead atoms. The van der Waals surface area contributed by atoms with Gasteiger partial charge in [0, 0.05) is 45.3 Å². The number of hydrogen-bond acceptors (Lipinski definition) is 4. The van der Waals surface area contributed by atoms with Crippen molar-refractivity contribution in [1.29, 1.82) is 0 Å². The largest absolute Gasteiger partial charge is 0.456 e. The van der Waals surface area contributed by atoms with Crippen molar-refractivity contribution < 1.29 is 19.1 Å². The molecule has 2 aliphatic rings. The third kappa shape index (κ3) is 1.97. The van der Waals surface area contributed by atoms with E-state index in [0.29, 0.717) is 0 Å². The molecule has 4 aromatic rings. The second kappa shape index (κ2) is 5.48. The van der Waals surface area contributed by atoms with Crippen LogP contribution in [0, 0.1) is 11.8 Å².